The highest BCUT2D eigenvalue weighted by atomic mass is 79.9. The summed E-state index contributed by atoms with van der Waals surface area (Å²) in [5, 5.41) is 10.8. The maximum atomic E-state index is 10.8. The van der Waals surface area contributed by atoms with Gasteiger partial charge in [0.05, 0.1) is 5.60 Å². The lowest BCUT2D eigenvalue weighted by molar-refractivity contribution is -0.0231. The Labute approximate surface area is 140 Å². The van der Waals surface area contributed by atoms with Crippen LogP contribution in [-0.2, 0) is 13.0 Å². The number of likely N-dealkylation sites (tertiary alicyclic amines) is 1. The third-order valence-corrected chi connectivity index (χ3v) is 4.76. The number of benzene rings is 1. The third kappa shape index (κ3) is 4.15. The van der Waals surface area contributed by atoms with Gasteiger partial charge < -0.3 is 5.11 Å². The van der Waals surface area contributed by atoms with Gasteiger partial charge >= 0.3 is 0 Å². The molecule has 0 spiro atoms. The number of hydrogen-bond acceptors (Lipinski definition) is 3. The van der Waals surface area contributed by atoms with Gasteiger partial charge in [0.2, 0.25) is 0 Å². The Hall–Kier alpha value is -1.23. The Kier molecular flexibility index (Phi) is 4.91. The van der Waals surface area contributed by atoms with Gasteiger partial charge in [-0.05, 0) is 46.5 Å². The van der Waals surface area contributed by atoms with Crippen molar-refractivity contribution in [3.63, 3.8) is 0 Å². The van der Waals surface area contributed by atoms with Crippen molar-refractivity contribution in [3.8, 4) is 0 Å². The molecule has 2 aromatic rings. The highest BCUT2D eigenvalue weighted by Crippen LogP contribution is 2.27. The molecule has 1 aliphatic heterocycles. The Balaban J connectivity index is 1.56. The average Bonchev–Trinajstić information content (AvgIpc) is 2.51. The first kappa shape index (κ1) is 15.7. The van der Waals surface area contributed by atoms with Crippen LogP contribution in [0.1, 0.15) is 24.1 Å². The van der Waals surface area contributed by atoms with E-state index in [4.69, 9.17) is 0 Å². The fourth-order valence-corrected chi connectivity index (χ4v) is 3.41. The van der Waals surface area contributed by atoms with Crippen molar-refractivity contribution in [1.82, 2.24) is 9.88 Å². The van der Waals surface area contributed by atoms with Crippen LogP contribution in [0.15, 0.2) is 53.1 Å². The molecule has 3 nitrogen and oxygen atoms in total. The van der Waals surface area contributed by atoms with E-state index in [0.29, 0.717) is 6.42 Å². The van der Waals surface area contributed by atoms with Crippen molar-refractivity contribution in [1.29, 1.82) is 0 Å². The SMILES string of the molecule is OC1(Cc2cccc(Br)n2)CCN(Cc2ccccc2)CC1. The summed E-state index contributed by atoms with van der Waals surface area (Å²) in [5.74, 6) is 0. The van der Waals surface area contributed by atoms with E-state index >= 15 is 0 Å². The molecule has 0 radical (unpaired) electrons. The summed E-state index contributed by atoms with van der Waals surface area (Å²) >= 11 is 3.39. The molecule has 4 heteroatoms. The summed E-state index contributed by atoms with van der Waals surface area (Å²) in [6, 6.07) is 16.4. The molecule has 1 saturated heterocycles. The number of aliphatic hydroxyl groups is 1. The molecule has 1 fully saturated rings. The molecule has 1 aromatic carbocycles. The molecule has 0 bridgehead atoms. The van der Waals surface area contributed by atoms with Gasteiger partial charge in [-0.15, -0.1) is 0 Å². The monoisotopic (exact) mass is 360 g/mol. The minimum atomic E-state index is -0.624. The zero-order valence-corrected chi connectivity index (χ0v) is 14.2. The third-order valence-electron chi connectivity index (χ3n) is 4.32. The van der Waals surface area contributed by atoms with E-state index in [-0.39, 0.29) is 0 Å². The number of aromatic nitrogens is 1. The Morgan fingerprint density at radius 1 is 1.05 bits per heavy atom. The molecule has 0 saturated carbocycles. The zero-order valence-electron chi connectivity index (χ0n) is 12.6. The molecule has 1 aliphatic rings. The van der Waals surface area contributed by atoms with E-state index in [2.05, 4.69) is 50.1 Å². The molecule has 0 aliphatic carbocycles. The Bertz CT molecular complexity index is 609. The van der Waals surface area contributed by atoms with E-state index in [1.807, 2.05) is 24.3 Å². The predicted octanol–water partition coefficient (Wildman–Crippen LogP) is 3.41. The number of rotatable bonds is 4. The van der Waals surface area contributed by atoms with Crippen molar-refractivity contribution in [3.05, 3.63) is 64.4 Å². The molecule has 22 heavy (non-hydrogen) atoms. The van der Waals surface area contributed by atoms with Crippen molar-refractivity contribution < 1.29 is 5.11 Å². The van der Waals surface area contributed by atoms with Crippen molar-refractivity contribution >= 4 is 15.9 Å². The summed E-state index contributed by atoms with van der Waals surface area (Å²) in [6.07, 6.45) is 2.23. The quantitative estimate of drug-likeness (QED) is 0.848. The van der Waals surface area contributed by atoms with Crippen LogP contribution in [0.4, 0.5) is 0 Å². The van der Waals surface area contributed by atoms with Crippen LogP contribution in [0.3, 0.4) is 0 Å². The molecule has 3 rings (SSSR count). The Morgan fingerprint density at radius 2 is 1.77 bits per heavy atom. The topological polar surface area (TPSA) is 36.4 Å². The lowest BCUT2D eigenvalue weighted by Crippen LogP contribution is -2.45. The van der Waals surface area contributed by atoms with E-state index in [0.717, 1.165) is 42.8 Å². The number of nitrogens with zero attached hydrogens (tertiary/aromatic N) is 2. The van der Waals surface area contributed by atoms with Gasteiger partial charge in [0.15, 0.2) is 0 Å². The summed E-state index contributed by atoms with van der Waals surface area (Å²) in [5.41, 5.74) is 1.66. The normalized spacial score (nSPS) is 18.3. The van der Waals surface area contributed by atoms with Gasteiger partial charge in [0, 0.05) is 31.7 Å². The number of piperidine rings is 1. The van der Waals surface area contributed by atoms with Crippen LogP contribution in [-0.4, -0.2) is 33.7 Å². The van der Waals surface area contributed by atoms with Crippen LogP contribution in [0.2, 0.25) is 0 Å². The van der Waals surface area contributed by atoms with Crippen molar-refractivity contribution in [2.75, 3.05) is 13.1 Å². The molecular weight excluding hydrogens is 340 g/mol. The van der Waals surface area contributed by atoms with Gasteiger partial charge in [-0.1, -0.05) is 36.4 Å². The minimum absolute atomic E-state index is 0.624. The first-order valence-electron chi connectivity index (χ1n) is 7.73. The zero-order chi connectivity index (χ0) is 15.4. The lowest BCUT2D eigenvalue weighted by atomic mass is 9.86. The Morgan fingerprint density at radius 3 is 2.45 bits per heavy atom. The smallest absolute Gasteiger partial charge is 0.106 e. The number of halogens is 1. The second-order valence-corrected chi connectivity index (χ2v) is 6.93. The second-order valence-electron chi connectivity index (χ2n) is 6.11. The van der Waals surface area contributed by atoms with E-state index in [9.17, 15) is 5.11 Å². The second kappa shape index (κ2) is 6.90. The summed E-state index contributed by atoms with van der Waals surface area (Å²) in [7, 11) is 0. The molecule has 2 heterocycles. The van der Waals surface area contributed by atoms with Crippen LogP contribution in [0, 0.1) is 0 Å². The maximum Gasteiger partial charge on any atom is 0.106 e. The fraction of sp³-hybridized carbons (Fsp3) is 0.389. The van der Waals surface area contributed by atoms with Gasteiger partial charge in [0.25, 0.3) is 0 Å². The van der Waals surface area contributed by atoms with Crippen LogP contribution >= 0.6 is 15.9 Å². The maximum absolute atomic E-state index is 10.8. The molecule has 1 N–H and O–H groups in total. The molecule has 0 unspecified atom stereocenters. The van der Waals surface area contributed by atoms with Crippen molar-refractivity contribution in [2.45, 2.75) is 31.4 Å². The van der Waals surface area contributed by atoms with Gasteiger partial charge in [-0.2, -0.15) is 0 Å². The van der Waals surface area contributed by atoms with Crippen LogP contribution in [0.25, 0.3) is 0 Å². The van der Waals surface area contributed by atoms with E-state index in [1.54, 1.807) is 0 Å². The minimum Gasteiger partial charge on any atom is -0.389 e. The fourth-order valence-electron chi connectivity index (χ4n) is 3.03. The van der Waals surface area contributed by atoms with E-state index < -0.39 is 5.60 Å². The van der Waals surface area contributed by atoms with E-state index in [1.165, 1.54) is 5.56 Å². The molecule has 1 aromatic heterocycles. The van der Waals surface area contributed by atoms with Crippen LogP contribution < -0.4 is 0 Å². The largest absolute Gasteiger partial charge is 0.389 e. The number of hydrogen-bond donors (Lipinski definition) is 1. The summed E-state index contributed by atoms with van der Waals surface area (Å²) in [4.78, 5) is 6.86. The summed E-state index contributed by atoms with van der Waals surface area (Å²) in [6.45, 7) is 2.82. The van der Waals surface area contributed by atoms with Crippen molar-refractivity contribution in [2.24, 2.45) is 0 Å². The van der Waals surface area contributed by atoms with Crippen LogP contribution in [0.5, 0.6) is 0 Å². The van der Waals surface area contributed by atoms with Gasteiger partial charge in [-0.25, -0.2) is 4.98 Å². The highest BCUT2D eigenvalue weighted by molar-refractivity contribution is 9.10. The molecule has 0 amide bonds. The first-order chi connectivity index (χ1) is 10.6. The average molecular weight is 361 g/mol. The summed E-state index contributed by atoms with van der Waals surface area (Å²) < 4.78 is 0.829. The van der Waals surface area contributed by atoms with Gasteiger partial charge in [0.1, 0.15) is 4.60 Å². The first-order valence-corrected chi connectivity index (χ1v) is 8.52. The standard InChI is InChI=1S/C18H21BrN2O/c19-17-8-4-7-16(20-17)13-18(22)9-11-21(12-10-18)14-15-5-2-1-3-6-15/h1-8,22H,9-14H2. The molecule has 0 atom stereocenters. The predicted molar refractivity (Wildman–Crippen MR) is 91.5 cm³/mol. The van der Waals surface area contributed by atoms with Gasteiger partial charge in [-0.3, -0.25) is 4.90 Å². The number of pyridine rings is 1. The molecule has 116 valence electrons. The molecular formula is C18H21BrN2O. The highest BCUT2D eigenvalue weighted by Gasteiger charge is 2.32. The lowest BCUT2D eigenvalue weighted by Gasteiger charge is -2.38.